The lowest BCUT2D eigenvalue weighted by Gasteiger charge is -2.13. The second-order valence-corrected chi connectivity index (χ2v) is 4.11. The summed E-state index contributed by atoms with van der Waals surface area (Å²) in [4.78, 5) is 21.2. The van der Waals surface area contributed by atoms with Gasteiger partial charge in [-0.25, -0.2) is 14.8 Å². The summed E-state index contributed by atoms with van der Waals surface area (Å²) < 4.78 is 4.73. The monoisotopic (exact) mass is 311 g/mol. The predicted molar refractivity (Wildman–Crippen MR) is 85.2 cm³/mol. The molecule has 0 unspecified atom stereocenters. The number of nitrogen functional groups attached to an aromatic ring is 1. The van der Waals surface area contributed by atoms with Crippen LogP contribution in [0.2, 0.25) is 0 Å². The Morgan fingerprint density at radius 1 is 1.36 bits per heavy atom. The number of ether oxygens (including phenoxy) is 1. The summed E-state index contributed by atoms with van der Waals surface area (Å²) >= 11 is 0. The highest BCUT2D eigenvalue weighted by Gasteiger charge is 2.14. The van der Waals surface area contributed by atoms with Crippen molar-refractivity contribution in [2.24, 2.45) is 5.16 Å². The topological polar surface area (TPSA) is 114 Å². The van der Waals surface area contributed by atoms with Gasteiger partial charge < -0.3 is 20.6 Å². The van der Waals surface area contributed by atoms with Crippen molar-refractivity contribution in [3.63, 3.8) is 0 Å². The van der Waals surface area contributed by atoms with E-state index in [-0.39, 0.29) is 23.8 Å². The fourth-order valence-corrected chi connectivity index (χ4v) is 1.59. The van der Waals surface area contributed by atoms with E-state index in [1.54, 1.807) is 6.92 Å². The molecule has 1 rings (SSSR count). The van der Waals surface area contributed by atoms with Gasteiger partial charge in [0.15, 0.2) is 5.69 Å². The smallest absolute Gasteiger partial charge is 0.359 e. The van der Waals surface area contributed by atoms with E-state index in [4.69, 9.17) is 15.7 Å². The van der Waals surface area contributed by atoms with E-state index in [0.717, 1.165) is 6.21 Å². The molecule has 0 aliphatic rings. The van der Waals surface area contributed by atoms with Crippen LogP contribution in [0.15, 0.2) is 11.4 Å². The Morgan fingerprint density at radius 2 is 1.95 bits per heavy atom. The van der Waals surface area contributed by atoms with E-state index in [9.17, 15) is 4.79 Å². The second-order valence-electron chi connectivity index (χ2n) is 4.11. The van der Waals surface area contributed by atoms with E-state index in [2.05, 4.69) is 40.8 Å². The number of nitrogens with two attached hydrogens (primary N) is 1. The van der Waals surface area contributed by atoms with E-state index in [1.165, 1.54) is 25.8 Å². The molecule has 0 amide bonds. The molecule has 1 heterocycles. The summed E-state index contributed by atoms with van der Waals surface area (Å²) in [6, 6.07) is 0. The summed E-state index contributed by atoms with van der Waals surface area (Å²) in [5.74, 6) is -0.516. The maximum absolute atomic E-state index is 11.3. The zero-order valence-corrected chi connectivity index (χ0v) is 13.6. The minimum atomic E-state index is -0.639. The lowest BCUT2D eigenvalue weighted by Crippen LogP contribution is -2.21. The standard InChI is InChI=1S/C8H10N4O3.C6H15N/c1-2-15-8(13)7-5(3-11-14)12-6(9)4-10-7;1-4-7(5-2)6-3/h3-4,14H,2H2,1H3,(H2,9,12);4-6H2,1-3H3/b11-3-;. The van der Waals surface area contributed by atoms with Gasteiger partial charge in [-0.15, -0.1) is 0 Å². The van der Waals surface area contributed by atoms with Crippen LogP contribution < -0.4 is 5.73 Å². The molecule has 0 radical (unpaired) electrons. The number of esters is 1. The molecule has 124 valence electrons. The fraction of sp³-hybridized carbons (Fsp3) is 0.571. The molecule has 0 saturated carbocycles. The van der Waals surface area contributed by atoms with Crippen LogP contribution in [-0.4, -0.2) is 58.5 Å². The molecule has 0 atom stereocenters. The molecule has 0 aromatic carbocycles. The normalized spacial score (nSPS) is 10.4. The van der Waals surface area contributed by atoms with Gasteiger partial charge in [0.1, 0.15) is 11.5 Å². The third-order valence-electron chi connectivity index (χ3n) is 2.81. The Kier molecular flexibility index (Phi) is 10.3. The Labute approximate surface area is 131 Å². The minimum absolute atomic E-state index is 0.0381. The third-order valence-corrected chi connectivity index (χ3v) is 2.81. The second kappa shape index (κ2) is 11.4. The van der Waals surface area contributed by atoms with Crippen molar-refractivity contribution >= 4 is 18.0 Å². The fourth-order valence-electron chi connectivity index (χ4n) is 1.59. The average molecular weight is 311 g/mol. The molecule has 8 heteroatoms. The van der Waals surface area contributed by atoms with E-state index in [1.807, 2.05) is 0 Å². The largest absolute Gasteiger partial charge is 0.461 e. The number of carbonyl (C=O) groups excluding carboxylic acids is 1. The van der Waals surface area contributed by atoms with E-state index >= 15 is 0 Å². The van der Waals surface area contributed by atoms with Gasteiger partial charge in [0, 0.05) is 0 Å². The van der Waals surface area contributed by atoms with Gasteiger partial charge in [-0.1, -0.05) is 25.9 Å². The molecule has 1 aromatic rings. The van der Waals surface area contributed by atoms with Crippen LogP contribution in [0.4, 0.5) is 5.82 Å². The zero-order chi connectivity index (χ0) is 17.0. The van der Waals surface area contributed by atoms with Gasteiger partial charge >= 0.3 is 5.97 Å². The third kappa shape index (κ3) is 6.98. The molecule has 0 spiro atoms. The molecule has 8 nitrogen and oxygen atoms in total. The van der Waals surface area contributed by atoms with Crippen LogP contribution in [0, 0.1) is 0 Å². The minimum Gasteiger partial charge on any atom is -0.461 e. The molecule has 22 heavy (non-hydrogen) atoms. The zero-order valence-electron chi connectivity index (χ0n) is 13.6. The first kappa shape index (κ1) is 19.8. The lowest BCUT2D eigenvalue weighted by molar-refractivity contribution is 0.0519. The molecule has 0 aliphatic carbocycles. The summed E-state index contributed by atoms with van der Waals surface area (Å²) in [6.45, 7) is 12.0. The first-order chi connectivity index (χ1) is 10.5. The Hall–Kier alpha value is -2.22. The lowest BCUT2D eigenvalue weighted by atomic mass is 10.3. The first-order valence-electron chi connectivity index (χ1n) is 7.23. The van der Waals surface area contributed by atoms with Crippen LogP contribution in [-0.2, 0) is 4.74 Å². The van der Waals surface area contributed by atoms with E-state index < -0.39 is 5.97 Å². The molecule has 0 aliphatic heterocycles. The highest BCUT2D eigenvalue weighted by molar-refractivity contribution is 5.96. The number of carbonyl (C=O) groups is 1. The van der Waals surface area contributed by atoms with Crippen LogP contribution in [0.25, 0.3) is 0 Å². The number of rotatable bonds is 6. The average Bonchev–Trinajstić information content (AvgIpc) is 2.50. The van der Waals surface area contributed by atoms with Crippen molar-refractivity contribution in [1.29, 1.82) is 0 Å². The van der Waals surface area contributed by atoms with Crippen LogP contribution in [0.5, 0.6) is 0 Å². The van der Waals surface area contributed by atoms with Gasteiger partial charge in [0.25, 0.3) is 0 Å². The molecular formula is C14H25N5O3. The number of anilines is 1. The summed E-state index contributed by atoms with van der Waals surface area (Å²) in [5.41, 5.74) is 5.39. The number of nitrogens with zero attached hydrogens (tertiary/aromatic N) is 4. The van der Waals surface area contributed by atoms with Crippen molar-refractivity contribution in [2.75, 3.05) is 32.0 Å². The Bertz CT molecular complexity index is 470. The Balaban J connectivity index is 0.000000534. The molecule has 0 saturated heterocycles. The van der Waals surface area contributed by atoms with Gasteiger partial charge in [-0.3, -0.25) is 0 Å². The molecule has 0 bridgehead atoms. The van der Waals surface area contributed by atoms with Gasteiger partial charge in [0.2, 0.25) is 0 Å². The molecule has 0 fully saturated rings. The van der Waals surface area contributed by atoms with Crippen LogP contribution in [0.1, 0.15) is 43.9 Å². The number of hydrogen-bond donors (Lipinski definition) is 2. The maximum atomic E-state index is 11.3. The Morgan fingerprint density at radius 3 is 2.36 bits per heavy atom. The van der Waals surface area contributed by atoms with Crippen molar-refractivity contribution in [3.8, 4) is 0 Å². The number of oxime groups is 1. The molecular weight excluding hydrogens is 286 g/mol. The highest BCUT2D eigenvalue weighted by Crippen LogP contribution is 2.05. The van der Waals surface area contributed by atoms with Crippen LogP contribution >= 0.6 is 0 Å². The SMILES string of the molecule is CCN(CC)CC.CCOC(=O)c1ncc(N)nc1/C=N\O. The van der Waals surface area contributed by atoms with Crippen molar-refractivity contribution in [3.05, 3.63) is 17.6 Å². The van der Waals surface area contributed by atoms with Crippen molar-refractivity contribution in [2.45, 2.75) is 27.7 Å². The van der Waals surface area contributed by atoms with Gasteiger partial charge in [0.05, 0.1) is 19.0 Å². The summed E-state index contributed by atoms with van der Waals surface area (Å²) in [6.07, 6.45) is 2.19. The van der Waals surface area contributed by atoms with Crippen molar-refractivity contribution in [1.82, 2.24) is 14.9 Å². The summed E-state index contributed by atoms with van der Waals surface area (Å²) in [7, 11) is 0. The first-order valence-corrected chi connectivity index (χ1v) is 7.23. The van der Waals surface area contributed by atoms with Gasteiger partial charge in [-0.05, 0) is 26.6 Å². The predicted octanol–water partition coefficient (Wildman–Crippen LogP) is 1.39. The summed E-state index contributed by atoms with van der Waals surface area (Å²) in [5, 5.41) is 11.1. The number of aromatic nitrogens is 2. The van der Waals surface area contributed by atoms with E-state index in [0.29, 0.717) is 0 Å². The number of hydrogen-bond acceptors (Lipinski definition) is 8. The molecule has 3 N–H and O–H groups in total. The quantitative estimate of drug-likeness (QED) is 0.353. The van der Waals surface area contributed by atoms with Crippen molar-refractivity contribution < 1.29 is 14.7 Å². The van der Waals surface area contributed by atoms with Crippen LogP contribution in [0.3, 0.4) is 0 Å². The maximum Gasteiger partial charge on any atom is 0.359 e. The highest BCUT2D eigenvalue weighted by atomic mass is 16.5. The van der Waals surface area contributed by atoms with Gasteiger partial charge in [-0.2, -0.15) is 0 Å². The molecule has 1 aromatic heterocycles.